The first-order valence-electron chi connectivity index (χ1n) is 4.77. The van der Waals surface area contributed by atoms with Gasteiger partial charge in [-0.25, -0.2) is 0 Å². The summed E-state index contributed by atoms with van der Waals surface area (Å²) in [7, 11) is 4.15. The Morgan fingerprint density at radius 3 is 2.62 bits per heavy atom. The number of rotatable bonds is 8. The van der Waals surface area contributed by atoms with Gasteiger partial charge in [0.1, 0.15) is 15.4 Å². The molecular weight excluding hydrogens is 184 g/mol. The molecule has 0 aliphatic carbocycles. The smallest absolute Gasteiger partial charge is 0.136 e. The van der Waals surface area contributed by atoms with Crippen molar-refractivity contribution in [2.75, 3.05) is 20.8 Å². The van der Waals surface area contributed by atoms with Crippen molar-refractivity contribution in [1.82, 2.24) is 0 Å². The lowest BCUT2D eigenvalue weighted by atomic mass is 10.2. The van der Waals surface area contributed by atoms with Crippen molar-refractivity contribution in [3.63, 3.8) is 0 Å². The second-order valence-electron chi connectivity index (χ2n) is 3.21. The van der Waals surface area contributed by atoms with E-state index in [4.69, 9.17) is 14.2 Å². The fourth-order valence-corrected chi connectivity index (χ4v) is 2.24. The zero-order chi connectivity index (χ0) is 9.52. The van der Waals surface area contributed by atoms with E-state index in [1.165, 1.54) is 25.3 Å². The van der Waals surface area contributed by atoms with Gasteiger partial charge in [0, 0.05) is 14.2 Å². The molecule has 2 radical (unpaired) electrons. The molecule has 1 atom stereocenters. The highest BCUT2D eigenvalue weighted by molar-refractivity contribution is 6.36. The van der Waals surface area contributed by atoms with E-state index < -0.39 is 0 Å². The first-order chi connectivity index (χ1) is 6.36. The fraction of sp³-hybridized carbons (Fsp3) is 1.00. The Hall–Kier alpha value is 0.0969. The highest BCUT2D eigenvalue weighted by atomic mass is 28.2. The van der Waals surface area contributed by atoms with Gasteiger partial charge in [0.15, 0.2) is 0 Å². The molecule has 1 rings (SSSR count). The molecule has 1 fully saturated rings. The Morgan fingerprint density at radius 1 is 1.38 bits per heavy atom. The molecule has 0 aromatic heterocycles. The van der Waals surface area contributed by atoms with Gasteiger partial charge < -0.3 is 14.2 Å². The zero-order valence-electron chi connectivity index (χ0n) is 8.41. The molecular formula is C9H18O3Si. The minimum atomic E-state index is 0.0113. The maximum atomic E-state index is 5.13. The highest BCUT2D eigenvalue weighted by Crippen LogP contribution is 2.17. The summed E-state index contributed by atoms with van der Waals surface area (Å²) < 4.78 is 15.3. The summed E-state index contributed by atoms with van der Waals surface area (Å²) in [6.07, 6.45) is 4.36. The van der Waals surface area contributed by atoms with Crippen LogP contribution in [0.15, 0.2) is 0 Å². The minimum absolute atomic E-state index is 0.0113. The van der Waals surface area contributed by atoms with E-state index in [1.807, 2.05) is 0 Å². The van der Waals surface area contributed by atoms with Crippen LogP contribution >= 0.6 is 0 Å². The third kappa shape index (κ3) is 5.41. The van der Waals surface area contributed by atoms with E-state index in [2.05, 4.69) is 0 Å². The third-order valence-corrected chi connectivity index (χ3v) is 3.54. The maximum Gasteiger partial charge on any atom is 0.136 e. The van der Waals surface area contributed by atoms with E-state index in [9.17, 15) is 0 Å². The number of ether oxygens (including phenoxy) is 3. The summed E-state index contributed by atoms with van der Waals surface area (Å²) in [4.78, 5) is 0. The van der Waals surface area contributed by atoms with E-state index in [0.29, 0.717) is 6.10 Å². The van der Waals surface area contributed by atoms with E-state index in [-0.39, 0.29) is 5.91 Å². The van der Waals surface area contributed by atoms with Gasteiger partial charge in [-0.3, -0.25) is 0 Å². The predicted octanol–water partition coefficient (Wildman–Crippen LogP) is 1.25. The molecule has 0 amide bonds. The Kier molecular flexibility index (Phi) is 5.62. The Morgan fingerprint density at radius 2 is 2.08 bits per heavy atom. The van der Waals surface area contributed by atoms with Crippen LogP contribution in [0.4, 0.5) is 0 Å². The molecule has 0 N–H and O–H groups in total. The van der Waals surface area contributed by atoms with Crippen LogP contribution < -0.4 is 0 Å². The number of hydrogen-bond donors (Lipinski definition) is 0. The van der Waals surface area contributed by atoms with Crippen molar-refractivity contribution in [1.29, 1.82) is 0 Å². The Balaban J connectivity index is 1.81. The Labute approximate surface area is 82.6 Å². The van der Waals surface area contributed by atoms with Crippen molar-refractivity contribution < 1.29 is 14.2 Å². The van der Waals surface area contributed by atoms with Crippen molar-refractivity contribution >= 4 is 9.52 Å². The van der Waals surface area contributed by atoms with Crippen LogP contribution in [-0.4, -0.2) is 42.4 Å². The highest BCUT2D eigenvalue weighted by Gasteiger charge is 2.21. The molecule has 13 heavy (non-hydrogen) atoms. The molecule has 76 valence electrons. The van der Waals surface area contributed by atoms with Gasteiger partial charge >= 0.3 is 0 Å². The minimum Gasteiger partial charge on any atom is -0.373 e. The van der Waals surface area contributed by atoms with Gasteiger partial charge in [-0.15, -0.1) is 0 Å². The standard InChI is InChI=1S/C9H18O3Si/c1-10-9(11-2)13-6-4-3-5-8-7-12-8/h8-9H,3-7H2,1-2H3. The number of unbranched alkanes of at least 4 members (excludes halogenated alkanes) is 1. The largest absolute Gasteiger partial charge is 0.373 e. The number of epoxide rings is 1. The molecule has 1 aliphatic heterocycles. The molecule has 0 spiro atoms. The topological polar surface area (TPSA) is 31.0 Å². The lowest BCUT2D eigenvalue weighted by Crippen LogP contribution is -2.20. The number of hydrogen-bond acceptors (Lipinski definition) is 3. The van der Waals surface area contributed by atoms with Crippen LogP contribution in [0.3, 0.4) is 0 Å². The van der Waals surface area contributed by atoms with E-state index in [1.54, 1.807) is 14.2 Å². The third-order valence-electron chi connectivity index (χ3n) is 2.09. The van der Waals surface area contributed by atoms with Gasteiger partial charge in [-0.2, -0.15) is 0 Å². The fourth-order valence-electron chi connectivity index (χ4n) is 1.21. The monoisotopic (exact) mass is 202 g/mol. The van der Waals surface area contributed by atoms with Gasteiger partial charge in [-0.05, 0) is 6.42 Å². The molecule has 0 bridgehead atoms. The SMILES string of the molecule is COC(OC)[Si]CCCCC1CO1. The van der Waals surface area contributed by atoms with Gasteiger partial charge in [0.05, 0.1) is 12.7 Å². The summed E-state index contributed by atoms with van der Waals surface area (Å²) in [5.74, 6) is 0.0113. The lowest BCUT2D eigenvalue weighted by molar-refractivity contribution is -0.0441. The van der Waals surface area contributed by atoms with Crippen molar-refractivity contribution in [3.05, 3.63) is 0 Å². The van der Waals surface area contributed by atoms with Crippen LogP contribution in [0, 0.1) is 0 Å². The van der Waals surface area contributed by atoms with Crippen LogP contribution in [0.2, 0.25) is 6.04 Å². The second kappa shape index (κ2) is 6.54. The zero-order valence-corrected chi connectivity index (χ0v) is 9.41. The van der Waals surface area contributed by atoms with Crippen molar-refractivity contribution in [2.24, 2.45) is 0 Å². The molecule has 1 aliphatic rings. The average molecular weight is 202 g/mol. The quantitative estimate of drug-likeness (QED) is 0.257. The van der Waals surface area contributed by atoms with Crippen molar-refractivity contribution in [3.8, 4) is 0 Å². The van der Waals surface area contributed by atoms with Crippen LogP contribution in [0.25, 0.3) is 0 Å². The lowest BCUT2D eigenvalue weighted by Gasteiger charge is -2.11. The summed E-state index contributed by atoms with van der Waals surface area (Å²) in [6.45, 7) is 0.987. The molecule has 1 saturated heterocycles. The van der Waals surface area contributed by atoms with Crippen LogP contribution in [0.1, 0.15) is 19.3 Å². The van der Waals surface area contributed by atoms with E-state index >= 15 is 0 Å². The molecule has 0 saturated carbocycles. The summed E-state index contributed by atoms with van der Waals surface area (Å²) in [5.41, 5.74) is 0. The van der Waals surface area contributed by atoms with Crippen molar-refractivity contribution in [2.45, 2.75) is 37.3 Å². The molecule has 1 unspecified atom stereocenters. The van der Waals surface area contributed by atoms with Gasteiger partial charge in [-0.1, -0.05) is 18.9 Å². The first kappa shape index (κ1) is 11.2. The molecule has 4 heteroatoms. The Bertz CT molecular complexity index is 124. The summed E-state index contributed by atoms with van der Waals surface area (Å²) in [5, 5.41) is 0. The molecule has 1 heterocycles. The predicted molar refractivity (Wildman–Crippen MR) is 52.0 cm³/mol. The first-order valence-corrected chi connectivity index (χ1v) is 6.06. The van der Waals surface area contributed by atoms with Crippen LogP contribution in [0.5, 0.6) is 0 Å². The average Bonchev–Trinajstić information content (AvgIpc) is 2.95. The number of methoxy groups -OCH3 is 2. The molecule has 3 nitrogen and oxygen atoms in total. The van der Waals surface area contributed by atoms with Crippen LogP contribution in [-0.2, 0) is 14.2 Å². The summed E-state index contributed by atoms with van der Waals surface area (Å²) >= 11 is 0. The second-order valence-corrected chi connectivity index (χ2v) is 4.59. The molecule has 0 aromatic carbocycles. The van der Waals surface area contributed by atoms with Gasteiger partial charge in [0.2, 0.25) is 0 Å². The van der Waals surface area contributed by atoms with Gasteiger partial charge in [0.25, 0.3) is 0 Å². The maximum absolute atomic E-state index is 5.13. The summed E-state index contributed by atoms with van der Waals surface area (Å²) in [6, 6.07) is 1.21. The normalized spacial score (nSPS) is 21.0. The molecule has 0 aromatic rings. The van der Waals surface area contributed by atoms with E-state index in [0.717, 1.165) is 16.1 Å².